The van der Waals surface area contributed by atoms with Crippen molar-refractivity contribution in [2.45, 2.75) is 13.3 Å². The summed E-state index contributed by atoms with van der Waals surface area (Å²) in [5.41, 5.74) is 0.851. The third kappa shape index (κ3) is 3.12. The fourth-order valence-electron chi connectivity index (χ4n) is 1.48. The standard InChI is InChI=1S/C13H13Cl2N3/c1-2-6-16-12-5-7-17-13(18-12)9-3-4-10(14)11(15)8-9/h3-5,7-8H,2,6H2,1H3,(H,16,17,18). The van der Waals surface area contributed by atoms with E-state index in [4.69, 9.17) is 23.2 Å². The minimum Gasteiger partial charge on any atom is -0.370 e. The molecular weight excluding hydrogens is 269 g/mol. The third-order valence-corrected chi connectivity index (χ3v) is 3.13. The molecule has 0 aliphatic rings. The lowest BCUT2D eigenvalue weighted by atomic mass is 10.2. The second kappa shape index (κ2) is 6.03. The Labute approximate surface area is 116 Å². The molecule has 0 spiro atoms. The van der Waals surface area contributed by atoms with Crippen LogP contribution in [0.15, 0.2) is 30.5 Å². The third-order valence-electron chi connectivity index (χ3n) is 2.39. The lowest BCUT2D eigenvalue weighted by molar-refractivity contribution is 0.966. The van der Waals surface area contributed by atoms with Crippen LogP contribution in [0.1, 0.15) is 13.3 Å². The van der Waals surface area contributed by atoms with Crippen molar-refractivity contribution in [2.24, 2.45) is 0 Å². The number of aromatic nitrogens is 2. The predicted octanol–water partition coefficient (Wildman–Crippen LogP) is 4.27. The highest BCUT2D eigenvalue weighted by atomic mass is 35.5. The quantitative estimate of drug-likeness (QED) is 0.909. The van der Waals surface area contributed by atoms with Gasteiger partial charge >= 0.3 is 0 Å². The zero-order valence-electron chi connectivity index (χ0n) is 9.95. The van der Waals surface area contributed by atoms with Crippen LogP contribution in [0.25, 0.3) is 11.4 Å². The second-order valence-electron chi connectivity index (χ2n) is 3.82. The van der Waals surface area contributed by atoms with Gasteiger partial charge in [0, 0.05) is 18.3 Å². The summed E-state index contributed by atoms with van der Waals surface area (Å²) in [5.74, 6) is 1.45. The first-order valence-electron chi connectivity index (χ1n) is 5.73. The molecule has 0 bridgehead atoms. The van der Waals surface area contributed by atoms with Gasteiger partial charge in [0.15, 0.2) is 5.82 Å². The second-order valence-corrected chi connectivity index (χ2v) is 4.64. The van der Waals surface area contributed by atoms with Crippen molar-refractivity contribution < 1.29 is 0 Å². The van der Waals surface area contributed by atoms with Gasteiger partial charge in [-0.2, -0.15) is 0 Å². The van der Waals surface area contributed by atoms with Gasteiger partial charge in [-0.15, -0.1) is 0 Å². The number of nitrogens with one attached hydrogen (secondary N) is 1. The van der Waals surface area contributed by atoms with Crippen LogP contribution in [0.5, 0.6) is 0 Å². The van der Waals surface area contributed by atoms with Crippen molar-refractivity contribution in [3.8, 4) is 11.4 Å². The Morgan fingerprint density at radius 2 is 2.00 bits per heavy atom. The van der Waals surface area contributed by atoms with E-state index in [1.807, 2.05) is 12.1 Å². The molecule has 0 saturated heterocycles. The summed E-state index contributed by atoms with van der Waals surface area (Å²) in [4.78, 5) is 8.66. The smallest absolute Gasteiger partial charge is 0.161 e. The van der Waals surface area contributed by atoms with E-state index >= 15 is 0 Å². The van der Waals surface area contributed by atoms with Crippen molar-refractivity contribution in [3.63, 3.8) is 0 Å². The van der Waals surface area contributed by atoms with Gasteiger partial charge in [-0.3, -0.25) is 0 Å². The summed E-state index contributed by atoms with van der Waals surface area (Å²) in [7, 11) is 0. The van der Waals surface area contributed by atoms with Crippen molar-refractivity contribution in [1.29, 1.82) is 0 Å². The van der Waals surface area contributed by atoms with Gasteiger partial charge in [0.2, 0.25) is 0 Å². The van der Waals surface area contributed by atoms with E-state index in [2.05, 4.69) is 22.2 Å². The Bertz CT molecular complexity index is 544. The largest absolute Gasteiger partial charge is 0.370 e. The highest BCUT2D eigenvalue weighted by Gasteiger charge is 2.05. The maximum absolute atomic E-state index is 5.98. The molecule has 18 heavy (non-hydrogen) atoms. The van der Waals surface area contributed by atoms with Gasteiger partial charge < -0.3 is 5.32 Å². The van der Waals surface area contributed by atoms with Gasteiger partial charge in [-0.25, -0.2) is 9.97 Å². The number of rotatable bonds is 4. The number of hydrogen-bond acceptors (Lipinski definition) is 3. The summed E-state index contributed by atoms with van der Waals surface area (Å²) in [6, 6.07) is 7.21. The van der Waals surface area contributed by atoms with E-state index in [0.717, 1.165) is 24.3 Å². The molecule has 0 radical (unpaired) electrons. The minimum atomic E-state index is 0.504. The van der Waals surface area contributed by atoms with Gasteiger partial charge in [-0.05, 0) is 30.7 Å². The number of benzene rings is 1. The number of halogens is 2. The molecule has 0 saturated carbocycles. The molecule has 1 aromatic carbocycles. The number of hydrogen-bond donors (Lipinski definition) is 1. The molecule has 2 rings (SSSR count). The molecule has 0 atom stereocenters. The lowest BCUT2D eigenvalue weighted by Crippen LogP contribution is -2.02. The van der Waals surface area contributed by atoms with E-state index < -0.39 is 0 Å². The first-order valence-corrected chi connectivity index (χ1v) is 6.48. The van der Waals surface area contributed by atoms with Crippen molar-refractivity contribution >= 4 is 29.0 Å². The van der Waals surface area contributed by atoms with Crippen LogP contribution in [0, 0.1) is 0 Å². The summed E-state index contributed by atoms with van der Waals surface area (Å²) < 4.78 is 0. The lowest BCUT2D eigenvalue weighted by Gasteiger charge is -2.06. The maximum atomic E-state index is 5.98. The Balaban J connectivity index is 2.29. The molecule has 94 valence electrons. The summed E-state index contributed by atoms with van der Waals surface area (Å²) in [6.45, 7) is 2.99. The maximum Gasteiger partial charge on any atom is 0.161 e. The molecule has 0 amide bonds. The topological polar surface area (TPSA) is 37.8 Å². The average molecular weight is 282 g/mol. The molecule has 0 fully saturated rings. The monoisotopic (exact) mass is 281 g/mol. The van der Waals surface area contributed by atoms with Crippen molar-refractivity contribution in [3.05, 3.63) is 40.5 Å². The zero-order chi connectivity index (χ0) is 13.0. The van der Waals surface area contributed by atoms with Crippen LogP contribution in [0.3, 0.4) is 0 Å². The van der Waals surface area contributed by atoms with Crippen LogP contribution in [-0.4, -0.2) is 16.5 Å². The van der Waals surface area contributed by atoms with E-state index in [9.17, 15) is 0 Å². The Kier molecular flexibility index (Phi) is 4.39. The fourth-order valence-corrected chi connectivity index (χ4v) is 1.78. The minimum absolute atomic E-state index is 0.504. The molecule has 3 nitrogen and oxygen atoms in total. The summed E-state index contributed by atoms with van der Waals surface area (Å²) >= 11 is 11.9. The van der Waals surface area contributed by atoms with E-state index in [1.54, 1.807) is 18.3 Å². The van der Waals surface area contributed by atoms with Crippen LogP contribution >= 0.6 is 23.2 Å². The van der Waals surface area contributed by atoms with Crippen LogP contribution in [0.2, 0.25) is 10.0 Å². The SMILES string of the molecule is CCCNc1ccnc(-c2ccc(Cl)c(Cl)c2)n1. The molecule has 1 aromatic heterocycles. The van der Waals surface area contributed by atoms with Crippen LogP contribution in [0.4, 0.5) is 5.82 Å². The fraction of sp³-hybridized carbons (Fsp3) is 0.231. The van der Waals surface area contributed by atoms with Crippen LogP contribution in [-0.2, 0) is 0 Å². The molecule has 0 aliphatic carbocycles. The summed E-state index contributed by atoms with van der Waals surface area (Å²) in [6.07, 6.45) is 2.77. The highest BCUT2D eigenvalue weighted by Crippen LogP contribution is 2.27. The summed E-state index contributed by atoms with van der Waals surface area (Å²) in [5, 5.41) is 4.25. The first-order chi connectivity index (χ1) is 8.70. The first kappa shape index (κ1) is 13.1. The van der Waals surface area contributed by atoms with Gasteiger partial charge in [0.05, 0.1) is 10.0 Å². The zero-order valence-corrected chi connectivity index (χ0v) is 11.5. The van der Waals surface area contributed by atoms with Crippen LogP contribution < -0.4 is 5.32 Å². The molecule has 0 unspecified atom stereocenters. The number of anilines is 1. The Morgan fingerprint density at radius 3 is 2.72 bits per heavy atom. The average Bonchev–Trinajstić information content (AvgIpc) is 2.40. The predicted molar refractivity (Wildman–Crippen MR) is 76.3 cm³/mol. The normalized spacial score (nSPS) is 10.4. The Hall–Kier alpha value is -1.32. The van der Waals surface area contributed by atoms with E-state index in [-0.39, 0.29) is 0 Å². The molecule has 5 heteroatoms. The highest BCUT2D eigenvalue weighted by molar-refractivity contribution is 6.42. The van der Waals surface area contributed by atoms with E-state index in [1.165, 1.54) is 0 Å². The van der Waals surface area contributed by atoms with Gasteiger partial charge in [0.1, 0.15) is 5.82 Å². The van der Waals surface area contributed by atoms with E-state index in [0.29, 0.717) is 15.9 Å². The molecule has 1 heterocycles. The molecule has 2 aromatic rings. The van der Waals surface area contributed by atoms with Gasteiger partial charge in [-0.1, -0.05) is 30.1 Å². The van der Waals surface area contributed by atoms with Gasteiger partial charge in [0.25, 0.3) is 0 Å². The Morgan fingerprint density at radius 1 is 1.17 bits per heavy atom. The molecule has 0 aliphatic heterocycles. The van der Waals surface area contributed by atoms with Crippen molar-refractivity contribution in [2.75, 3.05) is 11.9 Å². The van der Waals surface area contributed by atoms with Crippen molar-refractivity contribution in [1.82, 2.24) is 9.97 Å². The molecular formula is C13H13Cl2N3. The number of nitrogens with zero attached hydrogens (tertiary/aromatic N) is 2. The molecule has 1 N–H and O–H groups in total.